The first-order valence-corrected chi connectivity index (χ1v) is 9.17. The molecule has 0 spiro atoms. The Balaban J connectivity index is 1.95. The molecule has 0 saturated heterocycles. The molecule has 3 aromatic rings. The minimum Gasteiger partial charge on any atom is -0.342 e. The fraction of sp³-hybridized carbons (Fsp3) is 0.200. The normalized spacial score (nSPS) is 13.5. The Labute approximate surface area is 160 Å². The lowest BCUT2D eigenvalue weighted by Gasteiger charge is -2.02. The zero-order valence-corrected chi connectivity index (χ0v) is 17.0. The molecule has 3 rings (SSSR count). The van der Waals surface area contributed by atoms with Crippen molar-refractivity contribution in [3.63, 3.8) is 0 Å². The summed E-state index contributed by atoms with van der Waals surface area (Å²) in [6.07, 6.45) is 8.12. The van der Waals surface area contributed by atoms with E-state index in [2.05, 4.69) is 73.8 Å². The van der Waals surface area contributed by atoms with Gasteiger partial charge in [-0.2, -0.15) is 0 Å². The molecule has 0 aliphatic carbocycles. The van der Waals surface area contributed by atoms with Crippen LogP contribution in [0.3, 0.4) is 0 Å². The van der Waals surface area contributed by atoms with Gasteiger partial charge < -0.3 is 9.55 Å². The van der Waals surface area contributed by atoms with E-state index in [1.54, 1.807) is 0 Å². The molecule has 0 bridgehead atoms. The summed E-state index contributed by atoms with van der Waals surface area (Å²) in [4.78, 5) is 12.3. The molecule has 2 heterocycles. The highest BCUT2D eigenvalue weighted by Gasteiger charge is 2.07. The fourth-order valence-electron chi connectivity index (χ4n) is 2.79. The summed E-state index contributed by atoms with van der Waals surface area (Å²) in [6, 6.07) is 4.30. The molecule has 4 nitrogen and oxygen atoms in total. The molecule has 0 aliphatic rings. The van der Waals surface area contributed by atoms with E-state index < -0.39 is 0 Å². The zero-order valence-electron chi connectivity index (χ0n) is 14.9. The molecular weight excluding hydrogens is 423 g/mol. The minimum atomic E-state index is 0.905. The molecule has 0 saturated carbocycles. The van der Waals surface area contributed by atoms with Gasteiger partial charge in [-0.25, -0.2) is 9.97 Å². The van der Waals surface area contributed by atoms with Crippen LogP contribution in [0.2, 0.25) is 0 Å². The third kappa shape index (κ3) is 3.61. The van der Waals surface area contributed by atoms with Gasteiger partial charge in [0.15, 0.2) is 3.83 Å². The highest BCUT2D eigenvalue weighted by atomic mass is 127. The van der Waals surface area contributed by atoms with E-state index >= 15 is 0 Å². The Hall–Kier alpha value is -2.15. The summed E-state index contributed by atoms with van der Waals surface area (Å²) in [6.45, 7) is 10.2. The predicted octanol–water partition coefficient (Wildman–Crippen LogP) is 3.37. The van der Waals surface area contributed by atoms with Gasteiger partial charge in [-0.1, -0.05) is 24.8 Å². The van der Waals surface area contributed by atoms with Crippen LogP contribution in [0, 0.1) is 17.7 Å². The quantitative estimate of drug-likeness (QED) is 0.498. The van der Waals surface area contributed by atoms with Crippen LogP contribution in [0.1, 0.15) is 23.9 Å². The number of nitrogens with zero attached hydrogens (tertiary/aromatic N) is 3. The van der Waals surface area contributed by atoms with Crippen LogP contribution in [0.25, 0.3) is 29.3 Å². The number of aromatic nitrogens is 4. The number of hydrogen-bond acceptors (Lipinski definition) is 2. The lowest BCUT2D eigenvalue weighted by Crippen LogP contribution is -2.23. The largest absolute Gasteiger partial charge is 0.342 e. The van der Waals surface area contributed by atoms with Gasteiger partial charge in [0.2, 0.25) is 0 Å². The van der Waals surface area contributed by atoms with E-state index in [1.807, 2.05) is 39.1 Å². The molecule has 5 heteroatoms. The molecule has 1 aromatic carbocycles. The summed E-state index contributed by atoms with van der Waals surface area (Å²) >= 11 is 2.26. The van der Waals surface area contributed by atoms with Crippen molar-refractivity contribution < 1.29 is 0 Å². The first kappa shape index (κ1) is 17.7. The van der Waals surface area contributed by atoms with Gasteiger partial charge >= 0.3 is 0 Å². The first-order chi connectivity index (χ1) is 11.9. The van der Waals surface area contributed by atoms with E-state index in [0.29, 0.717) is 0 Å². The van der Waals surface area contributed by atoms with Gasteiger partial charge in [0.25, 0.3) is 0 Å². The lowest BCUT2D eigenvalue weighted by molar-refractivity contribution is 0.908. The number of halogens is 1. The summed E-state index contributed by atoms with van der Waals surface area (Å²) in [5, 5.41) is 1.94. The zero-order chi connectivity index (χ0) is 18.1. The SMILES string of the molecule is C=C(/C=C\c1cc2nc(I)n(C)c2cc1C)/C=c1/nc(C)[nH]/c1=C/C. The number of nitrogens with one attached hydrogen (secondary N) is 1. The number of aromatic amines is 1. The Kier molecular flexibility index (Phi) is 4.94. The van der Waals surface area contributed by atoms with Gasteiger partial charge in [0.05, 0.1) is 21.7 Å². The number of rotatable bonds is 3. The highest BCUT2D eigenvalue weighted by molar-refractivity contribution is 14.1. The van der Waals surface area contributed by atoms with Gasteiger partial charge in [-0.3, -0.25) is 0 Å². The minimum absolute atomic E-state index is 0.905. The van der Waals surface area contributed by atoms with Crippen LogP contribution < -0.4 is 10.7 Å². The van der Waals surface area contributed by atoms with Crippen LogP contribution in [0.15, 0.2) is 30.4 Å². The number of hydrogen-bond donors (Lipinski definition) is 1. The molecule has 0 radical (unpaired) electrons. The number of allylic oxidation sites excluding steroid dienone is 2. The number of H-pyrrole nitrogens is 1. The Bertz CT molecular complexity index is 1110. The standard InChI is InChI=1S/C20H21IN4/c1-6-16-17(23-14(4)22-16)9-12(2)7-8-15-11-18-19(10-13(15)3)25(5)20(21)24-18/h6-11H,2H2,1,3-5H3,(H,22,23)/b8-7-,16-6+,17-9+. The summed E-state index contributed by atoms with van der Waals surface area (Å²) in [7, 11) is 2.04. The van der Waals surface area contributed by atoms with Gasteiger partial charge in [0.1, 0.15) is 5.82 Å². The maximum Gasteiger partial charge on any atom is 0.172 e. The Morgan fingerprint density at radius 1 is 1.28 bits per heavy atom. The van der Waals surface area contributed by atoms with Crippen molar-refractivity contribution in [3.8, 4) is 0 Å². The molecule has 128 valence electrons. The van der Waals surface area contributed by atoms with Gasteiger partial charge in [-0.05, 0) is 78.3 Å². The summed E-state index contributed by atoms with van der Waals surface area (Å²) in [5.74, 6) is 0.905. The second-order valence-corrected chi connectivity index (χ2v) is 7.06. The molecule has 1 N–H and O–H groups in total. The van der Waals surface area contributed by atoms with E-state index in [1.165, 1.54) is 5.56 Å². The Morgan fingerprint density at radius 3 is 2.76 bits per heavy atom. The first-order valence-electron chi connectivity index (χ1n) is 8.09. The van der Waals surface area contributed by atoms with Crippen LogP contribution in [0.4, 0.5) is 0 Å². The average molecular weight is 444 g/mol. The van der Waals surface area contributed by atoms with Crippen molar-refractivity contribution in [3.05, 3.63) is 61.8 Å². The second kappa shape index (κ2) is 7.00. The van der Waals surface area contributed by atoms with Crippen molar-refractivity contribution in [2.24, 2.45) is 7.05 Å². The smallest absolute Gasteiger partial charge is 0.172 e. The molecule has 0 unspecified atom stereocenters. The molecule has 0 atom stereocenters. The van der Waals surface area contributed by atoms with Gasteiger partial charge in [0, 0.05) is 7.05 Å². The number of fused-ring (bicyclic) bond motifs is 1. The monoisotopic (exact) mass is 444 g/mol. The van der Waals surface area contributed by atoms with Crippen LogP contribution in [-0.4, -0.2) is 19.5 Å². The molecule has 2 aromatic heterocycles. The predicted molar refractivity (Wildman–Crippen MR) is 114 cm³/mol. The van der Waals surface area contributed by atoms with E-state index in [0.717, 1.165) is 42.5 Å². The van der Waals surface area contributed by atoms with Crippen LogP contribution in [-0.2, 0) is 7.05 Å². The van der Waals surface area contributed by atoms with E-state index in [-0.39, 0.29) is 0 Å². The van der Waals surface area contributed by atoms with Gasteiger partial charge in [-0.15, -0.1) is 0 Å². The van der Waals surface area contributed by atoms with Crippen molar-refractivity contribution in [2.45, 2.75) is 20.8 Å². The summed E-state index contributed by atoms with van der Waals surface area (Å²) in [5.41, 5.74) is 5.44. The second-order valence-electron chi connectivity index (χ2n) is 6.10. The van der Waals surface area contributed by atoms with Crippen molar-refractivity contribution >= 4 is 51.9 Å². The molecule has 0 aliphatic heterocycles. The van der Waals surface area contributed by atoms with Crippen molar-refractivity contribution in [2.75, 3.05) is 0 Å². The van der Waals surface area contributed by atoms with E-state index in [9.17, 15) is 0 Å². The summed E-state index contributed by atoms with van der Waals surface area (Å²) < 4.78 is 3.09. The maximum atomic E-state index is 4.60. The van der Waals surface area contributed by atoms with E-state index in [4.69, 9.17) is 0 Å². The van der Waals surface area contributed by atoms with Crippen molar-refractivity contribution in [1.29, 1.82) is 0 Å². The third-order valence-corrected chi connectivity index (χ3v) is 5.15. The number of imidazole rings is 2. The Morgan fingerprint density at radius 2 is 2.04 bits per heavy atom. The highest BCUT2D eigenvalue weighted by Crippen LogP contribution is 2.22. The van der Waals surface area contributed by atoms with Crippen molar-refractivity contribution in [1.82, 2.24) is 19.5 Å². The molecule has 25 heavy (non-hydrogen) atoms. The molecule has 0 fully saturated rings. The molecular formula is C20H21IN4. The number of benzene rings is 1. The number of aryl methyl sites for hydroxylation is 3. The third-order valence-electron chi connectivity index (χ3n) is 4.18. The van der Waals surface area contributed by atoms with Crippen LogP contribution >= 0.6 is 22.6 Å². The lowest BCUT2D eigenvalue weighted by atomic mass is 10.1. The topological polar surface area (TPSA) is 46.5 Å². The molecule has 0 amide bonds. The average Bonchev–Trinajstić information content (AvgIpc) is 3.05. The fourth-order valence-corrected chi connectivity index (χ4v) is 3.31. The van der Waals surface area contributed by atoms with Crippen LogP contribution in [0.5, 0.6) is 0 Å². The maximum absolute atomic E-state index is 4.60.